The summed E-state index contributed by atoms with van der Waals surface area (Å²) in [6.07, 6.45) is 29.6. The molecule has 10 aromatic rings. The number of carbonyl (C=O) groups excluding carboxylic acids is 3. The minimum absolute atomic E-state index is 0.0179. The number of rotatable bonds is 6. The average molecular weight is 1340 g/mol. The van der Waals surface area contributed by atoms with E-state index in [0.29, 0.717) is 39.6 Å². The lowest BCUT2D eigenvalue weighted by Gasteiger charge is -2.44. The normalized spacial score (nSPS) is 18.3. The quantitative estimate of drug-likeness (QED) is 0.148. The summed E-state index contributed by atoms with van der Waals surface area (Å²) in [5, 5.41) is 27.3. The second-order valence-corrected chi connectivity index (χ2v) is 25.6. The van der Waals surface area contributed by atoms with Gasteiger partial charge in [0.05, 0.1) is 18.1 Å². The van der Waals surface area contributed by atoms with Crippen LogP contribution in [0, 0.1) is 0 Å². The van der Waals surface area contributed by atoms with E-state index in [1.807, 2.05) is 138 Å². The van der Waals surface area contributed by atoms with E-state index >= 15 is 0 Å². The summed E-state index contributed by atoms with van der Waals surface area (Å²) < 4.78 is 11.2. The predicted octanol–water partition coefficient (Wildman–Crippen LogP) is 10.1. The fourth-order valence-electron chi connectivity index (χ4n) is 14.4. The number of aromatic hydroxyl groups is 2. The number of carbonyl (C=O) groups is 3. The van der Waals surface area contributed by atoms with Gasteiger partial charge in [0.15, 0.2) is 34.3 Å². The average Bonchev–Trinajstić information content (AvgIpc) is 0.894. The molecule has 0 spiro atoms. The van der Waals surface area contributed by atoms with Crippen LogP contribution in [0.1, 0.15) is 150 Å². The van der Waals surface area contributed by atoms with Gasteiger partial charge in [-0.2, -0.15) is 0 Å². The molecule has 6 aromatic heterocycles. The third-order valence-corrected chi connectivity index (χ3v) is 19.4. The van der Waals surface area contributed by atoms with Gasteiger partial charge < -0.3 is 29.6 Å². The van der Waals surface area contributed by atoms with Crippen LogP contribution < -0.4 is 36.0 Å². The highest BCUT2D eigenvalue weighted by Gasteiger charge is 2.41. The molecular weight excluding hydrogens is 1260 g/mol. The van der Waals surface area contributed by atoms with Crippen LogP contribution in [0.3, 0.4) is 0 Å². The van der Waals surface area contributed by atoms with Crippen LogP contribution in [0.15, 0.2) is 240 Å². The molecule has 0 aliphatic carbocycles. The highest BCUT2D eigenvalue weighted by Crippen LogP contribution is 2.39. The fourth-order valence-corrected chi connectivity index (χ4v) is 14.4. The molecule has 0 radical (unpaired) electrons. The molecule has 21 nitrogen and oxygen atoms in total. The number of ether oxygens (including phenoxy) is 1. The van der Waals surface area contributed by atoms with Crippen molar-refractivity contribution in [3.63, 3.8) is 0 Å². The molecule has 0 saturated carbocycles. The highest BCUT2D eigenvalue weighted by molar-refractivity contribution is 5.97. The number of allylic oxidation sites excluding steroid dienone is 1. The van der Waals surface area contributed by atoms with Gasteiger partial charge in [-0.25, -0.2) is 0 Å². The topological polar surface area (TPSA) is 225 Å². The summed E-state index contributed by atoms with van der Waals surface area (Å²) in [6.45, 7) is 2.82. The summed E-state index contributed by atoms with van der Waals surface area (Å²) >= 11 is 0. The van der Waals surface area contributed by atoms with Crippen molar-refractivity contribution in [2.45, 2.75) is 88.9 Å². The van der Waals surface area contributed by atoms with Crippen LogP contribution in [0.2, 0.25) is 0 Å². The number of benzene rings is 4. The predicted molar refractivity (Wildman–Crippen MR) is 379 cm³/mol. The van der Waals surface area contributed by atoms with Gasteiger partial charge in [-0.3, -0.25) is 72.8 Å². The van der Waals surface area contributed by atoms with Crippen molar-refractivity contribution in [1.82, 2.24) is 43.7 Å². The molecule has 4 aromatic carbocycles. The number of hydrogen-bond acceptors (Lipinski definition) is 15. The first-order chi connectivity index (χ1) is 49.0. The summed E-state index contributed by atoms with van der Waals surface area (Å²) in [7, 11) is 0. The number of pyridine rings is 6. The smallest absolute Gasteiger partial charge is 0.278 e. The molecule has 21 heteroatoms. The van der Waals surface area contributed by atoms with Crippen molar-refractivity contribution in [1.29, 1.82) is 0 Å². The summed E-state index contributed by atoms with van der Waals surface area (Å²) in [5.41, 5.74) is 9.78. The van der Waals surface area contributed by atoms with Gasteiger partial charge in [-0.15, -0.1) is 0 Å². The van der Waals surface area contributed by atoms with Crippen molar-refractivity contribution in [3.05, 3.63) is 329 Å². The molecule has 12 heterocycles. The van der Waals surface area contributed by atoms with Gasteiger partial charge in [0.2, 0.25) is 16.3 Å². The van der Waals surface area contributed by atoms with Crippen LogP contribution in [0.5, 0.6) is 17.2 Å². The zero-order chi connectivity index (χ0) is 68.6. The lowest BCUT2D eigenvalue weighted by molar-refractivity contribution is 0.0669. The lowest BCUT2D eigenvalue weighted by atomic mass is 9.93. The molecule has 16 rings (SSSR count). The molecule has 6 aliphatic rings. The van der Waals surface area contributed by atoms with Gasteiger partial charge in [-0.1, -0.05) is 146 Å². The van der Waals surface area contributed by atoms with E-state index in [-0.39, 0.29) is 70.7 Å². The molecule has 2 N–H and O–H groups in total. The maximum absolute atomic E-state index is 13.9. The molecule has 6 aliphatic heterocycles. The molecule has 506 valence electrons. The van der Waals surface area contributed by atoms with Gasteiger partial charge in [0.25, 0.3) is 17.7 Å². The third kappa shape index (κ3) is 13.2. The third-order valence-electron chi connectivity index (χ3n) is 19.4. The Morgan fingerprint density at radius 3 is 1.24 bits per heavy atom. The molecular formula is C79H76N12O9. The zero-order valence-corrected chi connectivity index (χ0v) is 55.2. The second kappa shape index (κ2) is 29.5. The Hall–Kier alpha value is -11.9. The van der Waals surface area contributed by atoms with Gasteiger partial charge in [-0.05, 0) is 109 Å². The molecule has 3 atom stereocenters. The van der Waals surface area contributed by atoms with E-state index in [1.54, 1.807) is 47.3 Å². The lowest BCUT2D eigenvalue weighted by Crippen LogP contribution is -2.55. The fraction of sp³-hybridized carbons (Fsp3) is 0.253. The number of fused-ring (bicyclic) bond motifs is 15. The number of amides is 3. The second-order valence-electron chi connectivity index (χ2n) is 25.6. The Morgan fingerprint density at radius 1 is 0.400 bits per heavy atom. The van der Waals surface area contributed by atoms with E-state index in [2.05, 4.69) is 80.6 Å². The first-order valence-electron chi connectivity index (χ1n) is 34.1. The van der Waals surface area contributed by atoms with E-state index in [0.717, 1.165) is 103 Å². The minimum Gasteiger partial charge on any atom is -0.502 e. The Labute approximate surface area is 577 Å². The minimum atomic E-state index is -0.552. The van der Waals surface area contributed by atoms with Crippen molar-refractivity contribution >= 4 is 17.7 Å². The zero-order valence-electron chi connectivity index (χ0n) is 55.2. The largest absolute Gasteiger partial charge is 0.502 e. The van der Waals surface area contributed by atoms with Crippen LogP contribution in [-0.4, -0.2) is 111 Å². The molecule has 0 saturated heterocycles. The Kier molecular flexibility index (Phi) is 19.3. The standard InChI is InChI=1S/C31H28N4O3.2C24H24N4O3/c36-27-16-19-34-29(30(27)38-21-23-10-4-1-5-11-23)31(37)33-18-9-3-8-12-24-15-17-32-20-26(24)28(35(34)22-33)25-13-6-2-7-14-25;2*29-20-11-14-27-22(23(20)30)24(31)26-13-6-2-5-7-17-10-12-25-15-19(17)21(28(27)16-26)18-8-3-1-4-9-18/h1-7,9-11,13-17,19-20,28H,8,12,18,21-22H2;2*1,3-4,8-12,14-15,21,30H,2,5-7,13,16H2/b9-3-;;/t;2*21-/m.10/s1. The highest BCUT2D eigenvalue weighted by atomic mass is 16.5. The Morgan fingerprint density at radius 2 is 0.790 bits per heavy atom. The summed E-state index contributed by atoms with van der Waals surface area (Å²) in [6, 6.07) is 49.6. The van der Waals surface area contributed by atoms with Crippen molar-refractivity contribution < 1.29 is 29.3 Å². The van der Waals surface area contributed by atoms with E-state index in [1.165, 1.54) is 34.9 Å². The number of hydrogen-bond donors (Lipinski definition) is 2. The van der Waals surface area contributed by atoms with Crippen LogP contribution in [0.25, 0.3) is 0 Å². The van der Waals surface area contributed by atoms with Gasteiger partial charge >= 0.3 is 0 Å². The summed E-state index contributed by atoms with van der Waals surface area (Å²) in [5.74, 6) is -1.81. The maximum Gasteiger partial charge on any atom is 0.278 e. The Bertz CT molecular complexity index is 4650. The van der Waals surface area contributed by atoms with Crippen LogP contribution in [-0.2, 0) is 25.9 Å². The first kappa shape index (κ1) is 65.4. The van der Waals surface area contributed by atoms with Crippen LogP contribution in [0.4, 0.5) is 0 Å². The molecule has 1 unspecified atom stereocenters. The van der Waals surface area contributed by atoms with Gasteiger partial charge in [0.1, 0.15) is 26.6 Å². The van der Waals surface area contributed by atoms with E-state index in [9.17, 15) is 39.0 Å². The van der Waals surface area contributed by atoms with Crippen molar-refractivity contribution in [3.8, 4) is 17.2 Å². The van der Waals surface area contributed by atoms with Gasteiger partial charge in [0, 0.05) is 110 Å². The van der Waals surface area contributed by atoms with E-state index < -0.39 is 22.4 Å². The van der Waals surface area contributed by atoms with Crippen molar-refractivity contribution in [2.75, 3.05) is 54.7 Å². The molecule has 100 heavy (non-hydrogen) atoms. The molecule has 3 amide bonds. The van der Waals surface area contributed by atoms with Crippen molar-refractivity contribution in [2.24, 2.45) is 0 Å². The Balaban J connectivity index is 0.000000129. The van der Waals surface area contributed by atoms with Crippen LogP contribution >= 0.6 is 0 Å². The van der Waals surface area contributed by atoms with E-state index in [4.69, 9.17) is 4.74 Å². The number of aromatic nitrogens is 6. The maximum atomic E-state index is 13.9. The number of aryl methyl sites for hydroxylation is 3. The molecule has 0 fully saturated rings. The SMILES string of the molecule is O=C1c2c(O)c(=O)ccn2N2CN1CCCCCc1ccncc1[C@@H]2c1ccccc1.O=C1c2c(O)c(=O)ccn2N2CN1CCCCCc1ccncc1[C@H]2c1ccccc1.O=C1c2c(OCc3ccccc3)c(=O)ccn2N2CN1C/C=C\CCc1ccncc1C2c1ccccc1. The summed E-state index contributed by atoms with van der Waals surface area (Å²) in [4.78, 5) is 96.3. The molecule has 6 bridgehead atoms. The monoisotopic (exact) mass is 1340 g/mol. The first-order valence-corrected chi connectivity index (χ1v) is 34.1. The number of nitrogens with zero attached hydrogens (tertiary/aromatic N) is 12.